The van der Waals surface area contributed by atoms with Crippen LogP contribution in [0.3, 0.4) is 0 Å². The van der Waals surface area contributed by atoms with Crippen molar-refractivity contribution >= 4 is 34.6 Å². The normalized spacial score (nSPS) is 10.8. The molecule has 0 spiro atoms. The lowest BCUT2D eigenvalue weighted by Crippen LogP contribution is -2.18. The summed E-state index contributed by atoms with van der Waals surface area (Å²) in [6.45, 7) is 1.62. The first-order valence-corrected chi connectivity index (χ1v) is 7.42. The predicted octanol–water partition coefficient (Wildman–Crippen LogP) is 1.79. The molecule has 0 saturated heterocycles. The minimum Gasteiger partial charge on any atom is -0.497 e. The number of methoxy groups -OCH3 is 1. The first kappa shape index (κ1) is 16.0. The van der Waals surface area contributed by atoms with Gasteiger partial charge in [-0.25, -0.2) is 4.79 Å². The number of nitrogens with one attached hydrogen (secondary N) is 2. The Morgan fingerprint density at radius 3 is 2.67 bits per heavy atom. The van der Waals surface area contributed by atoms with Crippen molar-refractivity contribution in [1.29, 1.82) is 0 Å². The van der Waals surface area contributed by atoms with E-state index >= 15 is 0 Å². The first-order chi connectivity index (χ1) is 11.5. The number of fused-ring (bicyclic) bond motifs is 1. The van der Waals surface area contributed by atoms with Crippen LogP contribution in [-0.4, -0.2) is 32.5 Å². The number of ether oxygens (including phenoxy) is 1. The van der Waals surface area contributed by atoms with Crippen LogP contribution in [0.2, 0.25) is 5.15 Å². The molecule has 8 nitrogen and oxygen atoms in total. The van der Waals surface area contributed by atoms with Gasteiger partial charge in [0.25, 0.3) is 0 Å². The van der Waals surface area contributed by atoms with Gasteiger partial charge in [-0.05, 0) is 17.7 Å². The van der Waals surface area contributed by atoms with Crippen LogP contribution in [0.1, 0.15) is 12.5 Å². The third-order valence-corrected chi connectivity index (χ3v) is 3.64. The molecule has 3 aromatic rings. The number of hydrogen-bond acceptors (Lipinski definition) is 5. The van der Waals surface area contributed by atoms with Gasteiger partial charge in [0.1, 0.15) is 11.3 Å². The standard InChI is InChI=1S/C15H14ClN5O3/c1-8(22)17-14-19-12(16)11-13(20-14)21(15(23)18-11)7-9-3-5-10(24-2)6-4-9/h3-6H,7H2,1-2H3,(H,18,23)(H,17,19,20,22). The molecule has 0 aliphatic carbocycles. The van der Waals surface area contributed by atoms with Crippen LogP contribution in [0.15, 0.2) is 29.1 Å². The summed E-state index contributed by atoms with van der Waals surface area (Å²) in [5, 5.41) is 2.53. The van der Waals surface area contributed by atoms with Crippen LogP contribution in [0.4, 0.5) is 5.95 Å². The van der Waals surface area contributed by atoms with Crippen LogP contribution < -0.4 is 15.7 Å². The SMILES string of the molecule is COc1ccc(Cn2c(=O)[nH]c3c(Cl)nc(NC(C)=O)nc32)cc1. The van der Waals surface area contributed by atoms with E-state index in [0.29, 0.717) is 11.2 Å². The summed E-state index contributed by atoms with van der Waals surface area (Å²) >= 11 is 6.07. The van der Waals surface area contributed by atoms with Crippen molar-refractivity contribution < 1.29 is 9.53 Å². The molecule has 0 unspecified atom stereocenters. The molecular weight excluding hydrogens is 334 g/mol. The number of nitrogens with zero attached hydrogens (tertiary/aromatic N) is 3. The largest absolute Gasteiger partial charge is 0.497 e. The molecule has 0 saturated carbocycles. The van der Waals surface area contributed by atoms with Gasteiger partial charge in [0.05, 0.1) is 13.7 Å². The van der Waals surface area contributed by atoms with E-state index in [1.165, 1.54) is 11.5 Å². The second-order valence-electron chi connectivity index (χ2n) is 5.08. The molecular formula is C15H14ClN5O3. The quantitative estimate of drug-likeness (QED) is 0.700. The van der Waals surface area contributed by atoms with E-state index < -0.39 is 0 Å². The van der Waals surface area contributed by atoms with Gasteiger partial charge in [-0.3, -0.25) is 14.7 Å². The summed E-state index contributed by atoms with van der Waals surface area (Å²) in [7, 11) is 1.58. The number of carbonyl (C=O) groups is 1. The molecule has 0 aliphatic rings. The van der Waals surface area contributed by atoms with Crippen LogP contribution in [0, 0.1) is 0 Å². The van der Waals surface area contributed by atoms with Crippen LogP contribution in [0.5, 0.6) is 5.75 Å². The lowest BCUT2D eigenvalue weighted by molar-refractivity contribution is -0.114. The Balaban J connectivity index is 2.05. The summed E-state index contributed by atoms with van der Waals surface area (Å²) in [6, 6.07) is 7.31. The van der Waals surface area contributed by atoms with Crippen molar-refractivity contribution in [3.05, 3.63) is 45.5 Å². The smallest absolute Gasteiger partial charge is 0.328 e. The maximum absolute atomic E-state index is 12.2. The second-order valence-corrected chi connectivity index (χ2v) is 5.44. The fraction of sp³-hybridized carbons (Fsp3) is 0.200. The maximum Gasteiger partial charge on any atom is 0.328 e. The van der Waals surface area contributed by atoms with E-state index in [1.807, 2.05) is 12.1 Å². The fourth-order valence-corrected chi connectivity index (χ4v) is 2.48. The van der Waals surface area contributed by atoms with E-state index in [-0.39, 0.29) is 29.2 Å². The van der Waals surface area contributed by atoms with Crippen molar-refractivity contribution in [1.82, 2.24) is 19.5 Å². The number of aromatic amines is 1. The molecule has 0 aliphatic heterocycles. The Labute approximate surface area is 141 Å². The lowest BCUT2D eigenvalue weighted by atomic mass is 10.2. The summed E-state index contributed by atoms with van der Waals surface area (Å²) in [4.78, 5) is 34.2. The fourth-order valence-electron chi connectivity index (χ4n) is 2.27. The summed E-state index contributed by atoms with van der Waals surface area (Å²) in [5.41, 5.74) is 1.16. The van der Waals surface area contributed by atoms with Crippen LogP contribution >= 0.6 is 11.6 Å². The molecule has 9 heteroatoms. The van der Waals surface area contributed by atoms with Crippen molar-refractivity contribution in [3.63, 3.8) is 0 Å². The number of halogens is 1. The third kappa shape index (κ3) is 3.09. The minimum atomic E-state index is -0.364. The molecule has 24 heavy (non-hydrogen) atoms. The topological polar surface area (TPSA) is 102 Å². The molecule has 2 N–H and O–H groups in total. The Morgan fingerprint density at radius 2 is 2.04 bits per heavy atom. The highest BCUT2D eigenvalue weighted by Gasteiger charge is 2.15. The monoisotopic (exact) mass is 347 g/mol. The molecule has 3 rings (SSSR count). The Bertz CT molecular complexity index is 962. The number of rotatable bonds is 4. The van der Waals surface area contributed by atoms with Crippen molar-refractivity contribution in [2.75, 3.05) is 12.4 Å². The van der Waals surface area contributed by atoms with E-state index in [2.05, 4.69) is 20.3 Å². The number of hydrogen-bond donors (Lipinski definition) is 2. The number of imidazole rings is 1. The molecule has 0 radical (unpaired) electrons. The van der Waals surface area contributed by atoms with Gasteiger partial charge in [-0.1, -0.05) is 23.7 Å². The maximum atomic E-state index is 12.2. The molecule has 0 bridgehead atoms. The summed E-state index contributed by atoms with van der Waals surface area (Å²) in [6.07, 6.45) is 0. The van der Waals surface area contributed by atoms with Gasteiger partial charge in [-0.2, -0.15) is 9.97 Å². The number of anilines is 1. The first-order valence-electron chi connectivity index (χ1n) is 7.04. The highest BCUT2D eigenvalue weighted by atomic mass is 35.5. The summed E-state index contributed by atoms with van der Waals surface area (Å²) in [5.74, 6) is 0.441. The number of amides is 1. The molecule has 2 aromatic heterocycles. The molecule has 124 valence electrons. The van der Waals surface area contributed by atoms with E-state index in [0.717, 1.165) is 11.3 Å². The van der Waals surface area contributed by atoms with Crippen molar-refractivity contribution in [2.24, 2.45) is 0 Å². The molecule has 1 aromatic carbocycles. The third-order valence-electron chi connectivity index (χ3n) is 3.37. The highest BCUT2D eigenvalue weighted by Crippen LogP contribution is 2.20. The predicted molar refractivity (Wildman–Crippen MR) is 89.6 cm³/mol. The second kappa shape index (κ2) is 6.32. The molecule has 0 fully saturated rings. The van der Waals surface area contributed by atoms with Gasteiger partial charge in [-0.15, -0.1) is 0 Å². The van der Waals surface area contributed by atoms with Gasteiger partial charge in [0.2, 0.25) is 11.9 Å². The zero-order valence-electron chi connectivity index (χ0n) is 13.0. The number of aromatic nitrogens is 4. The Morgan fingerprint density at radius 1 is 1.33 bits per heavy atom. The zero-order chi connectivity index (χ0) is 17.3. The highest BCUT2D eigenvalue weighted by molar-refractivity contribution is 6.33. The Kier molecular flexibility index (Phi) is 4.22. The number of carbonyl (C=O) groups excluding carboxylic acids is 1. The Hall–Kier alpha value is -2.87. The van der Waals surface area contributed by atoms with Gasteiger partial charge < -0.3 is 9.72 Å². The van der Waals surface area contributed by atoms with Gasteiger partial charge in [0.15, 0.2) is 10.8 Å². The van der Waals surface area contributed by atoms with Crippen LogP contribution in [-0.2, 0) is 11.3 Å². The van der Waals surface area contributed by atoms with Crippen molar-refractivity contribution in [3.8, 4) is 5.75 Å². The van der Waals surface area contributed by atoms with E-state index in [4.69, 9.17) is 16.3 Å². The van der Waals surface area contributed by atoms with Gasteiger partial charge >= 0.3 is 5.69 Å². The minimum absolute atomic E-state index is 0.0440. The zero-order valence-corrected chi connectivity index (χ0v) is 13.7. The van der Waals surface area contributed by atoms with E-state index in [1.54, 1.807) is 19.2 Å². The molecule has 2 heterocycles. The number of benzene rings is 1. The van der Waals surface area contributed by atoms with E-state index in [9.17, 15) is 9.59 Å². The van der Waals surface area contributed by atoms with Crippen molar-refractivity contribution in [2.45, 2.75) is 13.5 Å². The number of H-pyrrole nitrogens is 1. The average Bonchev–Trinajstić information content (AvgIpc) is 2.85. The summed E-state index contributed by atoms with van der Waals surface area (Å²) < 4.78 is 6.54. The van der Waals surface area contributed by atoms with Crippen LogP contribution in [0.25, 0.3) is 11.2 Å². The molecule has 1 amide bonds. The molecule has 0 atom stereocenters. The average molecular weight is 348 g/mol. The lowest BCUT2D eigenvalue weighted by Gasteiger charge is -2.06. The van der Waals surface area contributed by atoms with Gasteiger partial charge in [0, 0.05) is 6.92 Å².